The number of aryl methyl sites for hydroxylation is 2. The van der Waals surface area contributed by atoms with Gasteiger partial charge in [-0.1, -0.05) is 13.3 Å². The van der Waals surface area contributed by atoms with Gasteiger partial charge in [-0.05, 0) is 46.1 Å². The zero-order valence-electron chi connectivity index (χ0n) is 13.0. The van der Waals surface area contributed by atoms with Gasteiger partial charge in [-0.15, -0.1) is 0 Å². The highest BCUT2D eigenvalue weighted by molar-refractivity contribution is 5.27. The minimum absolute atomic E-state index is 0.283. The molecule has 0 fully saturated rings. The number of aliphatic hydroxyl groups is 1. The lowest BCUT2D eigenvalue weighted by molar-refractivity contribution is 0.245. The highest BCUT2D eigenvalue weighted by atomic mass is 16.3. The van der Waals surface area contributed by atoms with Crippen molar-refractivity contribution >= 4 is 0 Å². The highest BCUT2D eigenvalue weighted by Gasteiger charge is 2.17. The molecule has 0 amide bonds. The zero-order chi connectivity index (χ0) is 14.4. The fourth-order valence-electron chi connectivity index (χ4n) is 2.80. The first kappa shape index (κ1) is 16.2. The number of nitrogens with zero attached hydrogens (tertiary/aromatic N) is 2. The first-order valence-electron chi connectivity index (χ1n) is 7.35. The number of hydrogen-bond acceptors (Lipinski definition) is 3. The molecule has 1 aromatic heterocycles. The molecular formula is C15H29N3O. The van der Waals surface area contributed by atoms with Crippen molar-refractivity contribution in [3.8, 4) is 0 Å². The van der Waals surface area contributed by atoms with Crippen molar-refractivity contribution in [2.75, 3.05) is 13.2 Å². The predicted octanol–water partition coefficient (Wildman–Crippen LogP) is 2.49. The first-order chi connectivity index (χ1) is 9.01. The van der Waals surface area contributed by atoms with Crippen LogP contribution in [0.5, 0.6) is 0 Å². The summed E-state index contributed by atoms with van der Waals surface area (Å²) in [5, 5.41) is 17.2. The van der Waals surface area contributed by atoms with Crippen LogP contribution in [0.2, 0.25) is 0 Å². The Balaban J connectivity index is 2.61. The normalized spacial score (nSPS) is 14.6. The third-order valence-electron chi connectivity index (χ3n) is 3.94. The van der Waals surface area contributed by atoms with Crippen LogP contribution in [0.3, 0.4) is 0 Å². The smallest absolute Gasteiger partial charge is 0.0644 e. The lowest BCUT2D eigenvalue weighted by Gasteiger charge is -2.20. The number of aliphatic hydroxyl groups excluding tert-OH is 1. The van der Waals surface area contributed by atoms with E-state index >= 15 is 0 Å². The molecule has 2 N–H and O–H groups in total. The SMILES string of the molecule is CCCC(CCO)CNC(C)c1c(C)nn(C)c1C. The van der Waals surface area contributed by atoms with Gasteiger partial charge in [0.05, 0.1) is 5.69 Å². The highest BCUT2D eigenvalue weighted by Crippen LogP contribution is 2.21. The minimum atomic E-state index is 0.283. The Morgan fingerprint density at radius 1 is 1.32 bits per heavy atom. The summed E-state index contributed by atoms with van der Waals surface area (Å²) in [5.41, 5.74) is 3.64. The standard InChI is InChI=1S/C15H29N3O/c1-6-7-14(8-9-19)10-16-11(2)15-12(3)17-18(5)13(15)4/h11,14,16,19H,6-10H2,1-5H3. The van der Waals surface area contributed by atoms with Gasteiger partial charge < -0.3 is 10.4 Å². The van der Waals surface area contributed by atoms with Crippen LogP contribution in [0.4, 0.5) is 0 Å². The zero-order valence-corrected chi connectivity index (χ0v) is 13.0. The molecule has 0 spiro atoms. The summed E-state index contributed by atoms with van der Waals surface area (Å²) in [6, 6.07) is 0.312. The van der Waals surface area contributed by atoms with E-state index in [1.54, 1.807) is 0 Å². The van der Waals surface area contributed by atoms with E-state index in [0.717, 1.165) is 18.7 Å². The van der Waals surface area contributed by atoms with Crippen molar-refractivity contribution in [1.29, 1.82) is 0 Å². The van der Waals surface area contributed by atoms with Crippen LogP contribution in [0, 0.1) is 19.8 Å². The summed E-state index contributed by atoms with van der Waals surface area (Å²) in [6.07, 6.45) is 3.23. The Morgan fingerprint density at radius 2 is 2.00 bits per heavy atom. The maximum absolute atomic E-state index is 9.10. The molecule has 110 valence electrons. The topological polar surface area (TPSA) is 50.1 Å². The summed E-state index contributed by atoms with van der Waals surface area (Å²) in [4.78, 5) is 0. The molecule has 2 atom stereocenters. The Morgan fingerprint density at radius 3 is 2.47 bits per heavy atom. The molecule has 4 nitrogen and oxygen atoms in total. The van der Waals surface area contributed by atoms with E-state index < -0.39 is 0 Å². The number of hydrogen-bond donors (Lipinski definition) is 2. The molecule has 4 heteroatoms. The molecule has 1 rings (SSSR count). The molecule has 1 aromatic rings. The monoisotopic (exact) mass is 267 g/mol. The van der Waals surface area contributed by atoms with E-state index in [0.29, 0.717) is 12.0 Å². The molecule has 0 bridgehead atoms. The van der Waals surface area contributed by atoms with Gasteiger partial charge >= 0.3 is 0 Å². The first-order valence-corrected chi connectivity index (χ1v) is 7.35. The minimum Gasteiger partial charge on any atom is -0.396 e. The average Bonchev–Trinajstić information content (AvgIpc) is 2.61. The van der Waals surface area contributed by atoms with E-state index in [1.807, 2.05) is 11.7 Å². The van der Waals surface area contributed by atoms with E-state index in [1.165, 1.54) is 24.1 Å². The fraction of sp³-hybridized carbons (Fsp3) is 0.800. The number of rotatable bonds is 8. The molecule has 0 aliphatic heterocycles. The van der Waals surface area contributed by atoms with Crippen molar-refractivity contribution in [2.45, 2.75) is 53.0 Å². The predicted molar refractivity (Wildman–Crippen MR) is 79.2 cm³/mol. The maximum atomic E-state index is 9.10. The Hall–Kier alpha value is -0.870. The van der Waals surface area contributed by atoms with Gasteiger partial charge in [0.2, 0.25) is 0 Å². The molecule has 2 unspecified atom stereocenters. The van der Waals surface area contributed by atoms with Gasteiger partial charge in [0.25, 0.3) is 0 Å². The third-order valence-corrected chi connectivity index (χ3v) is 3.94. The lowest BCUT2D eigenvalue weighted by atomic mass is 9.99. The van der Waals surface area contributed by atoms with Crippen molar-refractivity contribution in [3.63, 3.8) is 0 Å². The van der Waals surface area contributed by atoms with Gasteiger partial charge in [0.15, 0.2) is 0 Å². The quantitative estimate of drug-likeness (QED) is 0.761. The van der Waals surface area contributed by atoms with Crippen LogP contribution < -0.4 is 5.32 Å². The Labute approximate surface area is 117 Å². The van der Waals surface area contributed by atoms with Crippen molar-refractivity contribution < 1.29 is 5.11 Å². The van der Waals surface area contributed by atoms with Crippen LogP contribution in [0.15, 0.2) is 0 Å². The van der Waals surface area contributed by atoms with Gasteiger partial charge in [-0.25, -0.2) is 0 Å². The molecular weight excluding hydrogens is 238 g/mol. The van der Waals surface area contributed by atoms with Crippen LogP contribution in [-0.4, -0.2) is 28.0 Å². The second-order valence-electron chi connectivity index (χ2n) is 5.51. The van der Waals surface area contributed by atoms with Gasteiger partial charge in [0, 0.05) is 31.0 Å². The maximum Gasteiger partial charge on any atom is 0.0644 e. The average molecular weight is 267 g/mol. The molecule has 0 saturated carbocycles. The summed E-state index contributed by atoms with van der Waals surface area (Å²) in [6.45, 7) is 9.82. The second kappa shape index (κ2) is 7.65. The van der Waals surface area contributed by atoms with Gasteiger partial charge in [-0.2, -0.15) is 5.10 Å². The fourth-order valence-corrected chi connectivity index (χ4v) is 2.80. The van der Waals surface area contributed by atoms with Crippen LogP contribution in [0.1, 0.15) is 56.1 Å². The molecule has 1 heterocycles. The van der Waals surface area contributed by atoms with Gasteiger partial charge in [-0.3, -0.25) is 4.68 Å². The van der Waals surface area contributed by atoms with Crippen LogP contribution in [-0.2, 0) is 7.05 Å². The summed E-state index contributed by atoms with van der Waals surface area (Å²) < 4.78 is 1.94. The summed E-state index contributed by atoms with van der Waals surface area (Å²) in [7, 11) is 1.99. The third kappa shape index (κ3) is 4.32. The Bertz CT molecular complexity index is 381. The van der Waals surface area contributed by atoms with Crippen molar-refractivity contribution in [2.24, 2.45) is 13.0 Å². The van der Waals surface area contributed by atoms with Crippen molar-refractivity contribution in [3.05, 3.63) is 17.0 Å². The molecule has 0 aromatic carbocycles. The van der Waals surface area contributed by atoms with E-state index in [9.17, 15) is 0 Å². The summed E-state index contributed by atoms with van der Waals surface area (Å²) >= 11 is 0. The number of nitrogens with one attached hydrogen (secondary N) is 1. The van der Waals surface area contributed by atoms with E-state index in [2.05, 4.69) is 38.1 Å². The molecule has 0 saturated heterocycles. The second-order valence-corrected chi connectivity index (χ2v) is 5.51. The lowest BCUT2D eigenvalue weighted by Crippen LogP contribution is -2.27. The molecule has 19 heavy (non-hydrogen) atoms. The van der Waals surface area contributed by atoms with Crippen LogP contribution in [0.25, 0.3) is 0 Å². The molecule has 0 aliphatic carbocycles. The summed E-state index contributed by atoms with van der Waals surface area (Å²) in [5.74, 6) is 0.565. The largest absolute Gasteiger partial charge is 0.396 e. The molecule has 0 aliphatic rings. The number of aromatic nitrogens is 2. The van der Waals surface area contributed by atoms with Gasteiger partial charge in [0.1, 0.15) is 0 Å². The molecule has 0 radical (unpaired) electrons. The Kier molecular flexibility index (Phi) is 6.52. The van der Waals surface area contributed by atoms with E-state index in [-0.39, 0.29) is 6.61 Å². The van der Waals surface area contributed by atoms with Crippen LogP contribution >= 0.6 is 0 Å². The van der Waals surface area contributed by atoms with Crippen molar-refractivity contribution in [1.82, 2.24) is 15.1 Å². The van der Waals surface area contributed by atoms with E-state index in [4.69, 9.17) is 5.11 Å².